The first-order chi connectivity index (χ1) is 9.13. The van der Waals surface area contributed by atoms with Gasteiger partial charge in [-0.15, -0.1) is 0 Å². The molecule has 0 saturated carbocycles. The van der Waals surface area contributed by atoms with Crippen molar-refractivity contribution in [2.45, 2.75) is 18.5 Å². The summed E-state index contributed by atoms with van der Waals surface area (Å²) in [5.41, 5.74) is 1.84. The zero-order valence-electron chi connectivity index (χ0n) is 10.7. The molecule has 0 fully saturated rings. The Morgan fingerprint density at radius 2 is 2.05 bits per heavy atom. The number of nitrogens with two attached hydrogens (primary N) is 1. The zero-order valence-corrected chi connectivity index (χ0v) is 11.5. The monoisotopic (exact) mass is 281 g/mol. The minimum atomic E-state index is -1.72. The number of aromatic nitrogens is 2. The molecule has 1 unspecified atom stereocenters. The molecule has 0 bridgehead atoms. The van der Waals surface area contributed by atoms with Crippen LogP contribution in [0, 0.1) is 6.92 Å². The van der Waals surface area contributed by atoms with E-state index < -0.39 is 11.1 Å². The van der Waals surface area contributed by atoms with Crippen LogP contribution in [-0.2, 0) is 21.9 Å². The van der Waals surface area contributed by atoms with Crippen molar-refractivity contribution in [2.75, 3.05) is 7.11 Å². The van der Waals surface area contributed by atoms with Crippen molar-refractivity contribution >= 4 is 11.1 Å². The Labute approximate surface area is 113 Å². The van der Waals surface area contributed by atoms with E-state index in [9.17, 15) is 4.21 Å². The number of benzene rings is 1. The van der Waals surface area contributed by atoms with Gasteiger partial charge in [0.25, 0.3) is 0 Å². The first kappa shape index (κ1) is 13.7. The van der Waals surface area contributed by atoms with Crippen LogP contribution in [0.25, 0.3) is 0 Å². The molecule has 0 radical (unpaired) electrons. The number of hydrogen-bond acceptors (Lipinski definition) is 5. The van der Waals surface area contributed by atoms with Gasteiger partial charge in [0.1, 0.15) is 5.75 Å². The largest absolute Gasteiger partial charge is 0.497 e. The number of hydrogen-bond donors (Lipinski definition) is 1. The summed E-state index contributed by atoms with van der Waals surface area (Å²) >= 11 is -1.72. The van der Waals surface area contributed by atoms with Gasteiger partial charge in [-0.3, -0.25) is 4.68 Å². The van der Waals surface area contributed by atoms with Gasteiger partial charge in [-0.25, -0.2) is 4.21 Å². The van der Waals surface area contributed by atoms with E-state index in [1.54, 1.807) is 18.0 Å². The molecule has 0 amide bonds. The van der Waals surface area contributed by atoms with Crippen molar-refractivity contribution in [3.05, 3.63) is 41.6 Å². The van der Waals surface area contributed by atoms with E-state index in [2.05, 4.69) is 9.38 Å². The van der Waals surface area contributed by atoms with Crippen LogP contribution in [0.3, 0.4) is 0 Å². The van der Waals surface area contributed by atoms with Gasteiger partial charge >= 0.3 is 0 Å². The van der Waals surface area contributed by atoms with Crippen LogP contribution in [0.5, 0.6) is 5.75 Å². The molecule has 0 aliphatic carbocycles. The molecule has 102 valence electrons. The fourth-order valence-electron chi connectivity index (χ4n) is 1.71. The highest BCUT2D eigenvalue weighted by molar-refractivity contribution is 7.80. The second-order valence-electron chi connectivity index (χ2n) is 3.99. The van der Waals surface area contributed by atoms with Gasteiger partial charge in [-0.05, 0) is 24.6 Å². The van der Waals surface area contributed by atoms with Crippen LogP contribution in [0.2, 0.25) is 0 Å². The molecule has 19 heavy (non-hydrogen) atoms. The third-order valence-corrected chi connectivity index (χ3v) is 3.54. The Kier molecular flexibility index (Phi) is 4.31. The molecular formula is C12H15N3O3S. The van der Waals surface area contributed by atoms with Crippen molar-refractivity contribution in [3.8, 4) is 5.75 Å². The minimum absolute atomic E-state index is 0.344. The minimum Gasteiger partial charge on any atom is -0.497 e. The van der Waals surface area contributed by atoms with Gasteiger partial charge in [-0.1, -0.05) is 12.1 Å². The molecule has 7 heteroatoms. The Balaban J connectivity index is 2.16. The number of methoxy groups -OCH3 is 1. The SMILES string of the molecule is COc1ccc(Cn2cc(C)c(S(=O)ON)n2)cc1. The second-order valence-corrected chi connectivity index (χ2v) is 5.04. The smallest absolute Gasteiger partial charge is 0.227 e. The molecule has 2 aromatic rings. The maximum atomic E-state index is 11.5. The molecule has 2 rings (SSSR count). The lowest BCUT2D eigenvalue weighted by Crippen LogP contribution is -2.07. The zero-order chi connectivity index (χ0) is 13.8. The average molecular weight is 281 g/mol. The molecule has 1 heterocycles. The van der Waals surface area contributed by atoms with Gasteiger partial charge in [0.2, 0.25) is 11.1 Å². The quantitative estimate of drug-likeness (QED) is 0.832. The Bertz CT molecular complexity index is 580. The Hall–Kier alpha value is -1.70. The highest BCUT2D eigenvalue weighted by Gasteiger charge is 2.12. The van der Waals surface area contributed by atoms with Crippen molar-refractivity contribution in [1.29, 1.82) is 0 Å². The first-order valence-corrected chi connectivity index (χ1v) is 6.67. The average Bonchev–Trinajstić information content (AvgIpc) is 2.79. The van der Waals surface area contributed by atoms with Gasteiger partial charge in [0, 0.05) is 11.8 Å². The van der Waals surface area contributed by atoms with E-state index in [0.717, 1.165) is 16.9 Å². The lowest BCUT2D eigenvalue weighted by molar-refractivity contribution is 0.364. The lowest BCUT2D eigenvalue weighted by atomic mass is 10.2. The Morgan fingerprint density at radius 1 is 1.37 bits per heavy atom. The fourth-order valence-corrected chi connectivity index (χ4v) is 2.29. The van der Waals surface area contributed by atoms with Gasteiger partial charge in [0.05, 0.1) is 13.7 Å². The summed E-state index contributed by atoms with van der Waals surface area (Å²) in [6, 6.07) is 7.67. The van der Waals surface area contributed by atoms with Crippen LogP contribution in [-0.4, -0.2) is 21.1 Å². The molecule has 0 saturated heterocycles. The molecule has 0 aliphatic rings. The predicted molar refractivity (Wildman–Crippen MR) is 70.7 cm³/mol. The summed E-state index contributed by atoms with van der Waals surface area (Å²) in [6.07, 6.45) is 1.80. The number of rotatable bonds is 5. The van der Waals surface area contributed by atoms with Crippen molar-refractivity contribution in [3.63, 3.8) is 0 Å². The van der Waals surface area contributed by atoms with E-state index in [1.807, 2.05) is 31.2 Å². The van der Waals surface area contributed by atoms with Crippen LogP contribution in [0.4, 0.5) is 0 Å². The molecule has 0 spiro atoms. The van der Waals surface area contributed by atoms with E-state index in [4.69, 9.17) is 10.6 Å². The van der Waals surface area contributed by atoms with Crippen LogP contribution >= 0.6 is 0 Å². The third-order valence-electron chi connectivity index (χ3n) is 2.65. The van der Waals surface area contributed by atoms with Crippen LogP contribution in [0.15, 0.2) is 35.5 Å². The molecule has 1 aromatic carbocycles. The van der Waals surface area contributed by atoms with Crippen LogP contribution < -0.4 is 10.6 Å². The van der Waals surface area contributed by atoms with E-state index in [0.29, 0.717) is 11.6 Å². The molecule has 6 nitrogen and oxygen atoms in total. The summed E-state index contributed by atoms with van der Waals surface area (Å²) < 4.78 is 22.5. The summed E-state index contributed by atoms with van der Waals surface area (Å²) in [5.74, 6) is 5.71. The number of ether oxygens (including phenoxy) is 1. The highest BCUT2D eigenvalue weighted by Crippen LogP contribution is 2.14. The maximum absolute atomic E-state index is 11.5. The second kappa shape index (κ2) is 5.96. The van der Waals surface area contributed by atoms with Crippen molar-refractivity contribution < 1.29 is 13.2 Å². The van der Waals surface area contributed by atoms with E-state index in [-0.39, 0.29) is 0 Å². The van der Waals surface area contributed by atoms with Crippen molar-refractivity contribution in [2.24, 2.45) is 5.90 Å². The number of nitrogens with zero attached hydrogens (tertiary/aromatic N) is 2. The first-order valence-electron chi connectivity index (χ1n) is 5.60. The normalized spacial score (nSPS) is 12.4. The standard InChI is InChI=1S/C12H15N3O3S/c1-9-7-15(14-12(9)19(16)18-13)8-10-3-5-11(17-2)6-4-10/h3-7H,8,13H2,1-2H3. The molecule has 1 aromatic heterocycles. The molecule has 2 N–H and O–H groups in total. The summed E-state index contributed by atoms with van der Waals surface area (Å²) in [4.78, 5) is 0. The molecule has 0 aliphatic heterocycles. The maximum Gasteiger partial charge on any atom is 0.227 e. The highest BCUT2D eigenvalue weighted by atomic mass is 32.2. The van der Waals surface area contributed by atoms with Gasteiger partial charge < -0.3 is 4.74 Å². The fraction of sp³-hybridized carbons (Fsp3) is 0.250. The molecular weight excluding hydrogens is 266 g/mol. The summed E-state index contributed by atoms with van der Waals surface area (Å²) in [5, 5.41) is 4.54. The van der Waals surface area contributed by atoms with Crippen LogP contribution in [0.1, 0.15) is 11.1 Å². The van der Waals surface area contributed by atoms with Crippen molar-refractivity contribution in [1.82, 2.24) is 9.78 Å². The van der Waals surface area contributed by atoms with Gasteiger partial charge in [0.15, 0.2) is 5.03 Å². The van der Waals surface area contributed by atoms with Gasteiger partial charge in [-0.2, -0.15) is 15.3 Å². The number of aryl methyl sites for hydroxylation is 1. The van der Waals surface area contributed by atoms with E-state index in [1.165, 1.54) is 0 Å². The molecule has 1 atom stereocenters. The summed E-state index contributed by atoms with van der Waals surface area (Å²) in [7, 11) is 1.63. The van der Waals surface area contributed by atoms with E-state index >= 15 is 0 Å². The summed E-state index contributed by atoms with van der Waals surface area (Å²) in [6.45, 7) is 2.39. The Morgan fingerprint density at radius 3 is 2.63 bits per heavy atom. The topological polar surface area (TPSA) is 79.4 Å². The lowest BCUT2D eigenvalue weighted by Gasteiger charge is -2.03. The predicted octanol–water partition coefficient (Wildman–Crippen LogP) is 1.16. The third kappa shape index (κ3) is 3.19.